The van der Waals surface area contributed by atoms with E-state index in [-0.39, 0.29) is 5.02 Å². The summed E-state index contributed by atoms with van der Waals surface area (Å²) in [6.07, 6.45) is 0. The van der Waals surface area contributed by atoms with Crippen molar-refractivity contribution in [1.29, 1.82) is 5.26 Å². The molecule has 0 fully saturated rings. The lowest BCUT2D eigenvalue weighted by atomic mass is 10.1. The summed E-state index contributed by atoms with van der Waals surface area (Å²) in [4.78, 5) is 4.15. The molecule has 1 heterocycles. The molecule has 0 atom stereocenters. The number of nitriles is 1. The Balaban J connectivity index is 2.61. The van der Waals surface area contributed by atoms with E-state index >= 15 is 0 Å². The third kappa shape index (κ3) is 2.37. The summed E-state index contributed by atoms with van der Waals surface area (Å²) >= 11 is 17.9. The zero-order valence-electron chi connectivity index (χ0n) is 8.42. The highest BCUT2D eigenvalue weighted by Crippen LogP contribution is 2.37. The molecular weight excluding hydrogens is 279 g/mol. The van der Waals surface area contributed by atoms with Crippen molar-refractivity contribution in [2.75, 3.05) is 0 Å². The SMILES string of the molecule is N#Cc1cccc(-c2ccc(Cl)c(Cl)c2Cl)n1. The molecule has 0 aliphatic carbocycles. The van der Waals surface area contributed by atoms with Crippen LogP contribution in [0.5, 0.6) is 0 Å². The number of halogens is 3. The summed E-state index contributed by atoms with van der Waals surface area (Å²) in [5, 5.41) is 9.79. The Kier molecular flexibility index (Phi) is 3.54. The average Bonchev–Trinajstić information content (AvgIpc) is 2.36. The monoisotopic (exact) mass is 282 g/mol. The van der Waals surface area contributed by atoms with E-state index in [0.717, 1.165) is 0 Å². The number of rotatable bonds is 1. The number of pyridine rings is 1. The molecule has 0 unspecified atom stereocenters. The van der Waals surface area contributed by atoms with Gasteiger partial charge in [0.2, 0.25) is 0 Å². The Hall–Kier alpha value is -1.27. The average molecular weight is 284 g/mol. The fraction of sp³-hybridized carbons (Fsp3) is 0. The highest BCUT2D eigenvalue weighted by Gasteiger charge is 2.11. The number of hydrogen-bond donors (Lipinski definition) is 0. The fourth-order valence-corrected chi connectivity index (χ4v) is 2.00. The maximum absolute atomic E-state index is 8.78. The molecule has 2 rings (SSSR count). The molecule has 0 amide bonds. The Morgan fingerprint density at radius 1 is 1.00 bits per heavy atom. The Labute approximate surface area is 113 Å². The largest absolute Gasteiger partial charge is 0.237 e. The van der Waals surface area contributed by atoms with Crippen molar-refractivity contribution in [1.82, 2.24) is 4.98 Å². The highest BCUT2D eigenvalue weighted by molar-refractivity contribution is 6.49. The van der Waals surface area contributed by atoms with Crippen molar-refractivity contribution in [3.63, 3.8) is 0 Å². The lowest BCUT2D eigenvalue weighted by Crippen LogP contribution is -1.88. The van der Waals surface area contributed by atoms with Gasteiger partial charge in [0, 0.05) is 5.56 Å². The predicted octanol–water partition coefficient (Wildman–Crippen LogP) is 4.58. The van der Waals surface area contributed by atoms with Crippen LogP contribution in [-0.2, 0) is 0 Å². The second-order valence-corrected chi connectivity index (χ2v) is 4.41. The Bertz CT molecular complexity index is 618. The first-order valence-electron chi connectivity index (χ1n) is 4.64. The minimum absolute atomic E-state index is 0.287. The minimum Gasteiger partial charge on any atom is -0.237 e. The number of aromatic nitrogens is 1. The zero-order valence-corrected chi connectivity index (χ0v) is 10.7. The molecule has 2 aromatic rings. The van der Waals surface area contributed by atoms with Gasteiger partial charge in [-0.25, -0.2) is 4.98 Å². The third-order valence-electron chi connectivity index (χ3n) is 2.17. The van der Waals surface area contributed by atoms with Gasteiger partial charge in [0.25, 0.3) is 0 Å². The van der Waals surface area contributed by atoms with Crippen LogP contribution in [-0.4, -0.2) is 4.98 Å². The third-order valence-corrected chi connectivity index (χ3v) is 3.47. The molecule has 0 saturated heterocycles. The first-order valence-corrected chi connectivity index (χ1v) is 5.78. The van der Waals surface area contributed by atoms with Crippen LogP contribution in [0.4, 0.5) is 0 Å². The lowest BCUT2D eigenvalue weighted by Gasteiger charge is -2.06. The lowest BCUT2D eigenvalue weighted by molar-refractivity contribution is 1.27. The summed E-state index contributed by atoms with van der Waals surface area (Å²) in [5.41, 5.74) is 1.57. The van der Waals surface area contributed by atoms with E-state index in [1.54, 1.807) is 30.3 Å². The van der Waals surface area contributed by atoms with Crippen LogP contribution >= 0.6 is 34.8 Å². The van der Waals surface area contributed by atoms with E-state index in [9.17, 15) is 0 Å². The van der Waals surface area contributed by atoms with Crippen LogP contribution in [0.3, 0.4) is 0 Å². The van der Waals surface area contributed by atoms with E-state index < -0.39 is 0 Å². The summed E-state index contributed by atoms with van der Waals surface area (Å²) in [6, 6.07) is 10.4. The van der Waals surface area contributed by atoms with Gasteiger partial charge in [-0.2, -0.15) is 5.26 Å². The minimum atomic E-state index is 0.287. The van der Waals surface area contributed by atoms with Crippen molar-refractivity contribution >= 4 is 34.8 Å². The van der Waals surface area contributed by atoms with Gasteiger partial charge in [-0.3, -0.25) is 0 Å². The van der Waals surface area contributed by atoms with Crippen LogP contribution < -0.4 is 0 Å². The normalized spacial score (nSPS) is 10.0. The van der Waals surface area contributed by atoms with Crippen molar-refractivity contribution < 1.29 is 0 Å². The molecule has 0 radical (unpaired) electrons. The summed E-state index contributed by atoms with van der Waals surface area (Å²) < 4.78 is 0. The molecule has 1 aromatic carbocycles. The first-order chi connectivity index (χ1) is 8.13. The van der Waals surface area contributed by atoms with Gasteiger partial charge in [0.05, 0.1) is 20.8 Å². The van der Waals surface area contributed by atoms with Crippen LogP contribution in [0, 0.1) is 11.3 Å². The molecule has 0 spiro atoms. The number of nitrogens with zero attached hydrogens (tertiary/aromatic N) is 2. The smallest absolute Gasteiger partial charge is 0.141 e. The van der Waals surface area contributed by atoms with E-state index in [1.165, 1.54) is 0 Å². The molecule has 17 heavy (non-hydrogen) atoms. The van der Waals surface area contributed by atoms with Crippen LogP contribution in [0.15, 0.2) is 30.3 Å². The molecule has 0 saturated carbocycles. The van der Waals surface area contributed by atoms with Crippen LogP contribution in [0.2, 0.25) is 15.1 Å². The molecule has 0 bridgehead atoms. The molecule has 2 nitrogen and oxygen atoms in total. The van der Waals surface area contributed by atoms with Crippen molar-refractivity contribution in [3.05, 3.63) is 51.1 Å². The highest BCUT2D eigenvalue weighted by atomic mass is 35.5. The fourth-order valence-electron chi connectivity index (χ4n) is 1.37. The first kappa shape index (κ1) is 12.2. The number of hydrogen-bond acceptors (Lipinski definition) is 2. The maximum atomic E-state index is 8.78. The van der Waals surface area contributed by atoms with E-state index in [4.69, 9.17) is 40.1 Å². The molecule has 0 aliphatic rings. The summed E-state index contributed by atoms with van der Waals surface area (Å²) in [5.74, 6) is 0. The molecular formula is C12H5Cl3N2. The Morgan fingerprint density at radius 2 is 1.76 bits per heavy atom. The standard InChI is InChI=1S/C12H5Cl3N2/c13-9-5-4-8(11(14)12(9)15)10-3-1-2-7(6-16)17-10/h1-5H. The van der Waals surface area contributed by atoms with Crippen molar-refractivity contribution in [3.8, 4) is 17.3 Å². The Morgan fingerprint density at radius 3 is 2.47 bits per heavy atom. The molecule has 84 valence electrons. The van der Waals surface area contributed by atoms with E-state index in [1.807, 2.05) is 6.07 Å². The second kappa shape index (κ2) is 4.93. The van der Waals surface area contributed by atoms with Crippen LogP contribution in [0.25, 0.3) is 11.3 Å². The van der Waals surface area contributed by atoms with E-state index in [0.29, 0.717) is 27.0 Å². The molecule has 5 heteroatoms. The van der Waals surface area contributed by atoms with Crippen molar-refractivity contribution in [2.45, 2.75) is 0 Å². The quantitative estimate of drug-likeness (QED) is 0.718. The van der Waals surface area contributed by atoms with Gasteiger partial charge in [0.1, 0.15) is 11.8 Å². The van der Waals surface area contributed by atoms with Crippen LogP contribution in [0.1, 0.15) is 5.69 Å². The van der Waals surface area contributed by atoms with Gasteiger partial charge in [-0.05, 0) is 24.3 Å². The maximum Gasteiger partial charge on any atom is 0.141 e. The molecule has 0 aliphatic heterocycles. The van der Waals surface area contributed by atoms with Gasteiger partial charge in [-0.1, -0.05) is 40.9 Å². The van der Waals surface area contributed by atoms with Gasteiger partial charge in [-0.15, -0.1) is 0 Å². The topological polar surface area (TPSA) is 36.7 Å². The van der Waals surface area contributed by atoms with Gasteiger partial charge >= 0.3 is 0 Å². The summed E-state index contributed by atoms with van der Waals surface area (Å²) in [6.45, 7) is 0. The molecule has 1 aromatic heterocycles. The van der Waals surface area contributed by atoms with Gasteiger partial charge < -0.3 is 0 Å². The summed E-state index contributed by atoms with van der Waals surface area (Å²) in [7, 11) is 0. The predicted molar refractivity (Wildman–Crippen MR) is 69.4 cm³/mol. The molecule has 0 N–H and O–H groups in total. The van der Waals surface area contributed by atoms with Crippen molar-refractivity contribution in [2.24, 2.45) is 0 Å². The number of benzene rings is 1. The zero-order chi connectivity index (χ0) is 12.4. The van der Waals surface area contributed by atoms with E-state index in [2.05, 4.69) is 4.98 Å². The second-order valence-electron chi connectivity index (χ2n) is 3.24. The van der Waals surface area contributed by atoms with Gasteiger partial charge in [0.15, 0.2) is 0 Å².